The minimum Gasteiger partial charge on any atom is -0.473 e. The van der Waals surface area contributed by atoms with E-state index >= 15 is 0 Å². The second-order valence-electron chi connectivity index (χ2n) is 15.3. The van der Waals surface area contributed by atoms with E-state index in [2.05, 4.69) is 34.5 Å². The molecule has 1 aliphatic heterocycles. The third kappa shape index (κ3) is 9.27. The molecule has 0 unspecified atom stereocenters. The number of benzene rings is 3. The summed E-state index contributed by atoms with van der Waals surface area (Å²) < 4.78 is 19.8. The van der Waals surface area contributed by atoms with Gasteiger partial charge < -0.3 is 19.5 Å². The van der Waals surface area contributed by atoms with Crippen molar-refractivity contribution in [2.75, 3.05) is 19.6 Å². The second-order valence-corrected chi connectivity index (χ2v) is 15.3. The first-order valence-corrected chi connectivity index (χ1v) is 18.9. The van der Waals surface area contributed by atoms with E-state index in [9.17, 15) is 4.79 Å². The first kappa shape index (κ1) is 36.2. The van der Waals surface area contributed by atoms with Crippen LogP contribution in [0.5, 0.6) is 11.8 Å². The van der Waals surface area contributed by atoms with Gasteiger partial charge in [0.1, 0.15) is 24.5 Å². The Kier molecular flexibility index (Phi) is 11.1. The fourth-order valence-electron chi connectivity index (χ4n) is 7.44. The van der Waals surface area contributed by atoms with Crippen molar-refractivity contribution in [3.05, 3.63) is 114 Å². The highest BCUT2D eigenvalue weighted by Gasteiger charge is 2.28. The number of fused-ring (bicyclic) bond motifs is 1. The van der Waals surface area contributed by atoms with Crippen LogP contribution in [0.15, 0.2) is 97.1 Å². The van der Waals surface area contributed by atoms with Crippen LogP contribution in [0.1, 0.15) is 69.6 Å². The van der Waals surface area contributed by atoms with Gasteiger partial charge in [0.15, 0.2) is 0 Å². The highest BCUT2D eigenvalue weighted by atomic mass is 16.6. The number of alkyl carbamates (subject to hydrolysis) is 1. The van der Waals surface area contributed by atoms with Gasteiger partial charge in [0, 0.05) is 44.2 Å². The summed E-state index contributed by atoms with van der Waals surface area (Å²) in [5, 5.41) is 9.03. The number of nitrogens with zero attached hydrogens (tertiary/aromatic N) is 4. The number of rotatable bonds is 11. The fraction of sp³-hybridized carbons (Fsp3) is 0.386. The van der Waals surface area contributed by atoms with Crippen LogP contribution >= 0.6 is 0 Å². The van der Waals surface area contributed by atoms with Gasteiger partial charge in [0.25, 0.3) is 0 Å². The van der Waals surface area contributed by atoms with Gasteiger partial charge in [-0.15, -0.1) is 0 Å². The first-order chi connectivity index (χ1) is 25.7. The van der Waals surface area contributed by atoms with Crippen molar-refractivity contribution in [1.82, 2.24) is 25.0 Å². The Morgan fingerprint density at radius 2 is 1.57 bits per heavy atom. The lowest BCUT2D eigenvalue weighted by molar-refractivity contribution is 0.0510. The topological polar surface area (TPSA) is 90.7 Å². The van der Waals surface area contributed by atoms with E-state index in [4.69, 9.17) is 24.3 Å². The molecule has 0 bridgehead atoms. The Morgan fingerprint density at radius 1 is 0.868 bits per heavy atom. The van der Waals surface area contributed by atoms with E-state index in [1.807, 2.05) is 105 Å². The fourth-order valence-corrected chi connectivity index (χ4v) is 7.44. The molecule has 9 nitrogen and oxygen atoms in total. The number of carbonyl (C=O) groups is 1. The van der Waals surface area contributed by atoms with Gasteiger partial charge in [-0.3, -0.25) is 9.58 Å². The molecular formula is C44H51N5O4. The molecule has 0 saturated heterocycles. The lowest BCUT2D eigenvalue weighted by Crippen LogP contribution is -2.42. The van der Waals surface area contributed by atoms with Crippen molar-refractivity contribution in [3.63, 3.8) is 0 Å². The molecule has 9 heteroatoms. The summed E-state index contributed by atoms with van der Waals surface area (Å²) in [6, 6.07) is 31.4. The molecule has 276 valence electrons. The third-order valence-electron chi connectivity index (χ3n) is 10.3. The summed E-state index contributed by atoms with van der Waals surface area (Å²) >= 11 is 0. The number of nitrogens with one attached hydrogen (secondary N) is 1. The average Bonchev–Trinajstić information content (AvgIpc) is 3.51. The number of amides is 1. The molecule has 2 aliphatic rings. The van der Waals surface area contributed by atoms with Gasteiger partial charge in [-0.25, -0.2) is 4.79 Å². The first-order valence-electron chi connectivity index (χ1n) is 18.9. The monoisotopic (exact) mass is 713 g/mol. The van der Waals surface area contributed by atoms with Crippen LogP contribution in [0.25, 0.3) is 27.7 Å². The minimum atomic E-state index is -0.471. The third-order valence-corrected chi connectivity index (χ3v) is 10.3. The predicted octanol–water partition coefficient (Wildman–Crippen LogP) is 8.97. The molecule has 3 aromatic carbocycles. The highest BCUT2D eigenvalue weighted by Crippen LogP contribution is 2.37. The Labute approximate surface area is 313 Å². The molecule has 0 spiro atoms. The predicted molar refractivity (Wildman–Crippen MR) is 210 cm³/mol. The number of ether oxygens (including phenoxy) is 3. The van der Waals surface area contributed by atoms with E-state index in [1.165, 1.54) is 24.0 Å². The van der Waals surface area contributed by atoms with E-state index < -0.39 is 5.60 Å². The van der Waals surface area contributed by atoms with E-state index in [0.717, 1.165) is 65.6 Å². The summed E-state index contributed by atoms with van der Waals surface area (Å²) in [4.78, 5) is 19.6. The molecule has 1 N–H and O–H groups in total. The van der Waals surface area contributed by atoms with E-state index in [1.54, 1.807) is 0 Å². The zero-order valence-corrected chi connectivity index (χ0v) is 31.4. The maximum atomic E-state index is 12.1. The largest absolute Gasteiger partial charge is 0.473 e. The van der Waals surface area contributed by atoms with Crippen LogP contribution in [0.2, 0.25) is 0 Å². The molecule has 0 radical (unpaired) electrons. The number of hydrogen-bond donors (Lipinski definition) is 1. The van der Waals surface area contributed by atoms with Crippen LogP contribution in [0, 0.1) is 5.92 Å². The lowest BCUT2D eigenvalue weighted by Gasteiger charge is -2.38. The van der Waals surface area contributed by atoms with Crippen molar-refractivity contribution in [2.45, 2.75) is 77.7 Å². The van der Waals surface area contributed by atoms with E-state index in [-0.39, 0.29) is 6.09 Å². The number of pyridine rings is 1. The molecule has 1 amide bonds. The van der Waals surface area contributed by atoms with Crippen molar-refractivity contribution < 1.29 is 19.0 Å². The number of aryl methyl sites for hydroxylation is 1. The summed E-state index contributed by atoms with van der Waals surface area (Å²) in [5.74, 6) is 1.51. The van der Waals surface area contributed by atoms with Gasteiger partial charge in [-0.1, -0.05) is 72.8 Å². The Bertz CT molecular complexity index is 2030. The van der Waals surface area contributed by atoms with Crippen molar-refractivity contribution >= 4 is 22.6 Å². The van der Waals surface area contributed by atoms with E-state index in [0.29, 0.717) is 43.5 Å². The van der Waals surface area contributed by atoms with Crippen molar-refractivity contribution in [3.8, 4) is 23.0 Å². The molecule has 3 heterocycles. The maximum Gasteiger partial charge on any atom is 0.407 e. The SMILES string of the molecule is Cn1nc(-c2ccc(OCc3ccccc3)nc2OCc2ccccc2)c2ccc(C3=CCN(C4CCC(CNC(=O)OC(C)(C)C)CC4)CC3)cc21. The summed E-state index contributed by atoms with van der Waals surface area (Å²) in [6.45, 7) is 9.19. The normalized spacial score (nSPS) is 18.0. The minimum absolute atomic E-state index is 0.317. The summed E-state index contributed by atoms with van der Waals surface area (Å²) in [6.07, 6.45) is 7.70. The summed E-state index contributed by atoms with van der Waals surface area (Å²) in [7, 11) is 2.00. The molecule has 7 rings (SSSR count). The van der Waals surface area contributed by atoms with Crippen LogP contribution < -0.4 is 14.8 Å². The molecule has 5 aromatic rings. The van der Waals surface area contributed by atoms with Gasteiger partial charge >= 0.3 is 6.09 Å². The van der Waals surface area contributed by atoms with Gasteiger partial charge in [-0.05, 0) is 99.3 Å². The summed E-state index contributed by atoms with van der Waals surface area (Å²) in [5.41, 5.74) is 7.02. The maximum absolute atomic E-state index is 12.1. The quantitative estimate of drug-likeness (QED) is 0.146. The smallest absolute Gasteiger partial charge is 0.407 e. The highest BCUT2D eigenvalue weighted by molar-refractivity contribution is 5.96. The molecule has 53 heavy (non-hydrogen) atoms. The van der Waals surface area contributed by atoms with Gasteiger partial charge in [0.05, 0.1) is 11.1 Å². The number of hydrogen-bond acceptors (Lipinski definition) is 7. The Hall–Kier alpha value is -5.15. The standard InChI is InChI=1S/C44H51N5O4/c1-44(2,3)53-43(50)45-28-31-15-18-36(19-16-31)49-25-23-34(24-26-49)35-17-20-37-39(27-35)48(4)47-41(37)38-21-22-40(51-29-32-11-7-5-8-12-32)46-42(38)52-30-33-13-9-6-10-14-33/h5-14,17,20-23,27,31,36H,15-16,18-19,24-26,28-30H2,1-4H3,(H,45,50). The molecule has 0 atom stereocenters. The van der Waals surface area contributed by atoms with Crippen LogP contribution in [0.3, 0.4) is 0 Å². The van der Waals surface area contributed by atoms with Crippen molar-refractivity contribution in [1.29, 1.82) is 0 Å². The Morgan fingerprint density at radius 3 is 2.23 bits per heavy atom. The van der Waals surface area contributed by atoms with Crippen LogP contribution in [-0.2, 0) is 25.0 Å². The zero-order chi connectivity index (χ0) is 36.8. The Balaban J connectivity index is 1.03. The number of carbonyl (C=O) groups excluding carboxylic acids is 1. The average molecular weight is 714 g/mol. The van der Waals surface area contributed by atoms with Crippen LogP contribution in [0.4, 0.5) is 4.79 Å². The van der Waals surface area contributed by atoms with Crippen molar-refractivity contribution in [2.24, 2.45) is 13.0 Å². The number of aromatic nitrogens is 3. The van der Waals surface area contributed by atoms with Crippen LogP contribution in [-0.4, -0.2) is 57.0 Å². The molecular weight excluding hydrogens is 663 g/mol. The molecule has 1 fully saturated rings. The molecule has 1 saturated carbocycles. The second kappa shape index (κ2) is 16.3. The zero-order valence-electron chi connectivity index (χ0n) is 31.4. The van der Waals surface area contributed by atoms with Gasteiger partial charge in [-0.2, -0.15) is 10.1 Å². The molecule has 2 aromatic heterocycles. The molecule has 1 aliphatic carbocycles. The van der Waals surface area contributed by atoms with Gasteiger partial charge in [0.2, 0.25) is 11.8 Å². The lowest BCUT2D eigenvalue weighted by atomic mass is 9.84.